The van der Waals surface area contributed by atoms with E-state index in [4.69, 9.17) is 9.26 Å². The highest BCUT2D eigenvalue weighted by Gasteiger charge is 2.18. The van der Waals surface area contributed by atoms with Gasteiger partial charge in [-0.1, -0.05) is 42.4 Å². The smallest absolute Gasteiger partial charge is 0.338 e. The van der Waals surface area contributed by atoms with Crippen LogP contribution in [-0.2, 0) is 14.8 Å². The van der Waals surface area contributed by atoms with E-state index < -0.39 is 16.0 Å². The quantitative estimate of drug-likeness (QED) is 0.622. The molecule has 8 heteroatoms. The van der Waals surface area contributed by atoms with E-state index in [-0.39, 0.29) is 16.3 Å². The van der Waals surface area contributed by atoms with Gasteiger partial charge < -0.3 is 9.26 Å². The van der Waals surface area contributed by atoms with E-state index in [0.29, 0.717) is 18.8 Å². The maximum absolute atomic E-state index is 12.5. The summed E-state index contributed by atoms with van der Waals surface area (Å²) in [5.74, 6) is 0.0281. The van der Waals surface area contributed by atoms with Gasteiger partial charge in [0.05, 0.1) is 17.1 Å². The summed E-state index contributed by atoms with van der Waals surface area (Å²) in [6.07, 6.45) is 0.713. The first kappa shape index (κ1) is 18.7. The molecule has 0 unspecified atom stereocenters. The van der Waals surface area contributed by atoms with Gasteiger partial charge in [-0.3, -0.25) is 4.72 Å². The molecule has 1 N–H and O–H groups in total. The van der Waals surface area contributed by atoms with Crippen LogP contribution >= 0.6 is 0 Å². The summed E-state index contributed by atoms with van der Waals surface area (Å²) >= 11 is 0. The highest BCUT2D eigenvalue weighted by molar-refractivity contribution is 7.92. The van der Waals surface area contributed by atoms with Gasteiger partial charge in [-0.2, -0.15) is 0 Å². The van der Waals surface area contributed by atoms with Crippen molar-refractivity contribution in [2.75, 3.05) is 11.3 Å². The van der Waals surface area contributed by atoms with E-state index in [0.717, 1.165) is 5.56 Å². The third kappa shape index (κ3) is 4.53. The first-order chi connectivity index (χ1) is 13.0. The zero-order valence-corrected chi connectivity index (χ0v) is 15.4. The fourth-order valence-electron chi connectivity index (χ4n) is 2.31. The zero-order valence-electron chi connectivity index (χ0n) is 14.6. The van der Waals surface area contributed by atoms with Crippen LogP contribution in [0.25, 0.3) is 11.3 Å². The number of nitrogens with one attached hydrogen (secondary N) is 1. The molecule has 0 saturated heterocycles. The third-order valence-electron chi connectivity index (χ3n) is 3.64. The summed E-state index contributed by atoms with van der Waals surface area (Å²) in [5, 5.41) is 3.74. The number of carbonyl (C=O) groups excluding carboxylic acids is 1. The minimum Gasteiger partial charge on any atom is -0.462 e. The number of ether oxygens (including phenoxy) is 1. The maximum atomic E-state index is 12.5. The van der Waals surface area contributed by atoms with Crippen molar-refractivity contribution < 1.29 is 22.5 Å². The Labute approximate surface area is 157 Å². The molecular formula is C19H18N2O5S. The highest BCUT2D eigenvalue weighted by atomic mass is 32.2. The first-order valence-electron chi connectivity index (χ1n) is 8.32. The lowest BCUT2D eigenvalue weighted by Gasteiger charge is -2.06. The van der Waals surface area contributed by atoms with Crippen LogP contribution in [0.5, 0.6) is 0 Å². The fraction of sp³-hybridized carbons (Fsp3) is 0.158. The Morgan fingerprint density at radius 2 is 1.81 bits per heavy atom. The van der Waals surface area contributed by atoms with Gasteiger partial charge in [0, 0.05) is 11.6 Å². The van der Waals surface area contributed by atoms with E-state index in [9.17, 15) is 13.2 Å². The fourth-order valence-corrected chi connectivity index (χ4v) is 3.29. The lowest BCUT2D eigenvalue weighted by Crippen LogP contribution is -2.13. The molecule has 0 atom stereocenters. The summed E-state index contributed by atoms with van der Waals surface area (Å²) < 4.78 is 37.5. The average molecular weight is 386 g/mol. The minimum absolute atomic E-state index is 0.00111. The van der Waals surface area contributed by atoms with Gasteiger partial charge in [0.2, 0.25) is 0 Å². The van der Waals surface area contributed by atoms with Crippen molar-refractivity contribution in [3.05, 3.63) is 66.2 Å². The summed E-state index contributed by atoms with van der Waals surface area (Å²) in [5.41, 5.74) is 1.07. The zero-order chi connectivity index (χ0) is 19.3. The molecule has 140 valence electrons. The van der Waals surface area contributed by atoms with Gasteiger partial charge in [-0.15, -0.1) is 0 Å². The van der Waals surface area contributed by atoms with Crippen LogP contribution in [-0.4, -0.2) is 26.2 Å². The Balaban J connectivity index is 1.73. The second-order valence-corrected chi connectivity index (χ2v) is 7.39. The Bertz CT molecular complexity index is 1010. The molecule has 7 nitrogen and oxygen atoms in total. The molecular weight excluding hydrogens is 368 g/mol. The molecule has 0 saturated carbocycles. The number of hydrogen-bond acceptors (Lipinski definition) is 6. The van der Waals surface area contributed by atoms with Gasteiger partial charge in [-0.05, 0) is 30.7 Å². The van der Waals surface area contributed by atoms with E-state index in [1.807, 2.05) is 37.3 Å². The van der Waals surface area contributed by atoms with Crippen molar-refractivity contribution in [1.82, 2.24) is 5.16 Å². The predicted molar refractivity (Wildman–Crippen MR) is 99.8 cm³/mol. The molecule has 1 heterocycles. The molecule has 3 aromatic rings. The van der Waals surface area contributed by atoms with Gasteiger partial charge >= 0.3 is 5.97 Å². The van der Waals surface area contributed by atoms with E-state index in [1.165, 1.54) is 30.3 Å². The van der Waals surface area contributed by atoms with Crippen LogP contribution in [0.4, 0.5) is 5.82 Å². The molecule has 0 aliphatic heterocycles. The Morgan fingerprint density at radius 3 is 2.48 bits per heavy atom. The predicted octanol–water partition coefficient (Wildman–Crippen LogP) is 3.71. The first-order valence-corrected chi connectivity index (χ1v) is 9.80. The molecule has 0 aliphatic carbocycles. The van der Waals surface area contributed by atoms with Crippen molar-refractivity contribution in [2.24, 2.45) is 0 Å². The van der Waals surface area contributed by atoms with E-state index in [2.05, 4.69) is 9.88 Å². The van der Waals surface area contributed by atoms with Crippen LogP contribution in [0.2, 0.25) is 0 Å². The lowest BCUT2D eigenvalue weighted by molar-refractivity contribution is 0.0505. The number of benzene rings is 2. The molecule has 27 heavy (non-hydrogen) atoms. The summed E-state index contributed by atoms with van der Waals surface area (Å²) in [6.45, 7) is 2.21. The molecule has 0 radical (unpaired) electrons. The monoisotopic (exact) mass is 386 g/mol. The lowest BCUT2D eigenvalue weighted by atomic mass is 10.2. The minimum atomic E-state index is -3.87. The van der Waals surface area contributed by atoms with Gasteiger partial charge in [-0.25, -0.2) is 13.2 Å². The number of nitrogens with zero attached hydrogens (tertiary/aromatic N) is 1. The van der Waals surface area contributed by atoms with Crippen LogP contribution in [0.15, 0.2) is 70.1 Å². The number of rotatable bonds is 7. The van der Waals surface area contributed by atoms with Crippen molar-refractivity contribution in [2.45, 2.75) is 18.2 Å². The van der Waals surface area contributed by atoms with Gasteiger partial charge in [0.1, 0.15) is 0 Å². The van der Waals surface area contributed by atoms with Crippen molar-refractivity contribution in [1.29, 1.82) is 0 Å². The molecule has 0 bridgehead atoms. The van der Waals surface area contributed by atoms with Gasteiger partial charge in [0.15, 0.2) is 11.6 Å². The molecule has 3 rings (SSSR count). The third-order valence-corrected chi connectivity index (χ3v) is 5.02. The summed E-state index contributed by atoms with van der Waals surface area (Å²) in [4.78, 5) is 11.8. The largest absolute Gasteiger partial charge is 0.462 e. The standard InChI is InChI=1S/C19H18N2O5S/c1-2-12-25-19(22)15-8-10-16(11-9-15)27(23,24)21-18-13-17(26-20-18)14-6-4-3-5-7-14/h3-11,13H,2,12H2,1H3,(H,20,21). The van der Waals surface area contributed by atoms with Crippen LogP contribution < -0.4 is 4.72 Å². The molecule has 0 aliphatic rings. The molecule has 0 fully saturated rings. The topological polar surface area (TPSA) is 98.5 Å². The van der Waals surface area contributed by atoms with Crippen molar-refractivity contribution in [3.8, 4) is 11.3 Å². The number of esters is 1. The van der Waals surface area contributed by atoms with E-state index >= 15 is 0 Å². The second-order valence-electron chi connectivity index (χ2n) is 5.71. The highest BCUT2D eigenvalue weighted by Crippen LogP contribution is 2.23. The average Bonchev–Trinajstić information content (AvgIpc) is 3.14. The normalized spacial score (nSPS) is 11.1. The van der Waals surface area contributed by atoms with E-state index in [1.54, 1.807) is 0 Å². The Hall–Kier alpha value is -3.13. The maximum Gasteiger partial charge on any atom is 0.338 e. The molecule has 1 aromatic heterocycles. The molecule has 0 spiro atoms. The number of sulfonamides is 1. The molecule has 0 amide bonds. The van der Waals surface area contributed by atoms with Crippen LogP contribution in [0, 0.1) is 0 Å². The van der Waals surface area contributed by atoms with Crippen LogP contribution in [0.1, 0.15) is 23.7 Å². The van der Waals surface area contributed by atoms with Crippen molar-refractivity contribution >= 4 is 21.8 Å². The SMILES string of the molecule is CCCOC(=O)c1ccc(S(=O)(=O)Nc2cc(-c3ccccc3)on2)cc1. The van der Waals surface area contributed by atoms with Gasteiger partial charge in [0.25, 0.3) is 10.0 Å². The molecule has 2 aromatic carbocycles. The number of anilines is 1. The number of aromatic nitrogens is 1. The second kappa shape index (κ2) is 8.05. The summed E-state index contributed by atoms with van der Waals surface area (Å²) in [7, 11) is -3.87. The number of carbonyl (C=O) groups is 1. The Kier molecular flexibility index (Phi) is 5.56. The van der Waals surface area contributed by atoms with Crippen LogP contribution in [0.3, 0.4) is 0 Å². The Morgan fingerprint density at radius 1 is 1.11 bits per heavy atom. The number of hydrogen-bond donors (Lipinski definition) is 1. The van der Waals surface area contributed by atoms with Crippen molar-refractivity contribution in [3.63, 3.8) is 0 Å². The summed E-state index contributed by atoms with van der Waals surface area (Å²) in [6, 6.07) is 16.2.